The number of rotatable bonds is 3. The monoisotopic (exact) mass is 340 g/mol. The minimum absolute atomic E-state index is 0.103. The first-order valence-electron chi connectivity index (χ1n) is 9.17. The number of nitrogens with one attached hydrogen (secondary N) is 1. The number of imidazole rings is 1. The summed E-state index contributed by atoms with van der Waals surface area (Å²) in [5.74, 6) is 1.26. The summed E-state index contributed by atoms with van der Waals surface area (Å²) in [6.45, 7) is 4.69. The van der Waals surface area contributed by atoms with Crippen LogP contribution in [-0.4, -0.2) is 57.8 Å². The molecule has 25 heavy (non-hydrogen) atoms. The SMILES string of the molecule is CCN1C[C@H](C(=O)N2CCC[C@@H](c3nc4ccccc4[nH]3)C2)CC1=O. The highest BCUT2D eigenvalue weighted by molar-refractivity contribution is 5.89. The molecule has 0 saturated carbocycles. The van der Waals surface area contributed by atoms with Crippen LogP contribution in [0.15, 0.2) is 24.3 Å². The molecule has 6 heteroatoms. The third-order valence-electron chi connectivity index (χ3n) is 5.47. The van der Waals surface area contributed by atoms with E-state index in [1.807, 2.05) is 36.1 Å². The number of hydrogen-bond donors (Lipinski definition) is 1. The lowest BCUT2D eigenvalue weighted by Gasteiger charge is -2.33. The van der Waals surface area contributed by atoms with E-state index in [4.69, 9.17) is 4.98 Å². The number of likely N-dealkylation sites (tertiary alicyclic amines) is 2. The molecule has 0 aliphatic carbocycles. The first-order valence-corrected chi connectivity index (χ1v) is 9.17. The highest BCUT2D eigenvalue weighted by Crippen LogP contribution is 2.29. The van der Waals surface area contributed by atoms with Crippen LogP contribution in [-0.2, 0) is 9.59 Å². The number of hydrogen-bond acceptors (Lipinski definition) is 3. The van der Waals surface area contributed by atoms with E-state index >= 15 is 0 Å². The third-order valence-corrected chi connectivity index (χ3v) is 5.47. The van der Waals surface area contributed by atoms with Crippen molar-refractivity contribution in [3.8, 4) is 0 Å². The van der Waals surface area contributed by atoms with Crippen molar-refractivity contribution in [1.29, 1.82) is 0 Å². The minimum Gasteiger partial charge on any atom is -0.342 e. The Kier molecular flexibility index (Phi) is 4.19. The second-order valence-electron chi connectivity index (χ2n) is 7.10. The number of carbonyl (C=O) groups excluding carboxylic acids is 2. The zero-order valence-electron chi connectivity index (χ0n) is 14.6. The van der Waals surface area contributed by atoms with Crippen LogP contribution in [0.25, 0.3) is 11.0 Å². The van der Waals surface area contributed by atoms with Crippen LogP contribution in [0, 0.1) is 5.92 Å². The Balaban J connectivity index is 1.47. The molecular formula is C19H24N4O2. The average molecular weight is 340 g/mol. The summed E-state index contributed by atoms with van der Waals surface area (Å²) in [7, 11) is 0. The van der Waals surface area contributed by atoms with Gasteiger partial charge in [-0.3, -0.25) is 9.59 Å². The number of fused-ring (bicyclic) bond motifs is 1. The van der Waals surface area contributed by atoms with Crippen LogP contribution >= 0.6 is 0 Å². The highest BCUT2D eigenvalue weighted by Gasteiger charge is 2.37. The topological polar surface area (TPSA) is 69.3 Å². The van der Waals surface area contributed by atoms with E-state index in [0.717, 1.165) is 36.2 Å². The fourth-order valence-corrected chi connectivity index (χ4v) is 4.07. The number of piperidine rings is 1. The third kappa shape index (κ3) is 3.01. The molecule has 2 saturated heterocycles. The molecule has 0 radical (unpaired) electrons. The standard InChI is InChI=1S/C19H24N4O2/c1-2-22-12-14(10-17(22)24)19(25)23-9-5-6-13(11-23)18-20-15-7-3-4-8-16(15)21-18/h3-4,7-8,13-14H,2,5-6,9-12H2,1H3,(H,20,21)/t13-,14-/m1/s1. The minimum atomic E-state index is -0.179. The first-order chi connectivity index (χ1) is 12.2. The van der Waals surface area contributed by atoms with Crippen molar-refractivity contribution in [2.45, 2.75) is 32.1 Å². The zero-order valence-corrected chi connectivity index (χ0v) is 14.6. The quantitative estimate of drug-likeness (QED) is 0.931. The summed E-state index contributed by atoms with van der Waals surface area (Å²) in [6, 6.07) is 8.02. The molecule has 132 valence electrons. The van der Waals surface area contributed by atoms with Crippen molar-refractivity contribution in [3.63, 3.8) is 0 Å². The lowest BCUT2D eigenvalue weighted by Crippen LogP contribution is -2.43. The van der Waals surface area contributed by atoms with E-state index in [0.29, 0.717) is 26.1 Å². The Morgan fingerprint density at radius 1 is 1.32 bits per heavy atom. The average Bonchev–Trinajstić information content (AvgIpc) is 3.24. The summed E-state index contributed by atoms with van der Waals surface area (Å²) < 4.78 is 0. The molecule has 1 aromatic carbocycles. The number of para-hydroxylation sites is 2. The molecule has 2 aliphatic rings. The van der Waals surface area contributed by atoms with E-state index in [1.54, 1.807) is 4.90 Å². The van der Waals surface area contributed by atoms with Crippen LogP contribution in [0.4, 0.5) is 0 Å². The number of aromatic nitrogens is 2. The van der Waals surface area contributed by atoms with Crippen molar-refractivity contribution >= 4 is 22.8 Å². The van der Waals surface area contributed by atoms with Crippen LogP contribution < -0.4 is 0 Å². The van der Waals surface area contributed by atoms with Crippen molar-refractivity contribution < 1.29 is 9.59 Å². The van der Waals surface area contributed by atoms with Gasteiger partial charge in [0.05, 0.1) is 17.0 Å². The highest BCUT2D eigenvalue weighted by atomic mass is 16.2. The van der Waals surface area contributed by atoms with E-state index in [2.05, 4.69) is 4.98 Å². The Bertz CT molecular complexity index is 767. The number of nitrogens with zero attached hydrogens (tertiary/aromatic N) is 3. The van der Waals surface area contributed by atoms with Crippen LogP contribution in [0.5, 0.6) is 0 Å². The molecule has 2 aromatic rings. The Morgan fingerprint density at radius 3 is 2.92 bits per heavy atom. The molecule has 6 nitrogen and oxygen atoms in total. The Morgan fingerprint density at radius 2 is 2.16 bits per heavy atom. The molecule has 4 rings (SSSR count). The van der Waals surface area contributed by atoms with E-state index in [9.17, 15) is 9.59 Å². The van der Waals surface area contributed by atoms with Gasteiger partial charge in [0.2, 0.25) is 11.8 Å². The van der Waals surface area contributed by atoms with Gasteiger partial charge in [-0.1, -0.05) is 12.1 Å². The molecule has 0 spiro atoms. The van der Waals surface area contributed by atoms with Crippen LogP contribution in [0.2, 0.25) is 0 Å². The van der Waals surface area contributed by atoms with Gasteiger partial charge in [0.25, 0.3) is 0 Å². The molecule has 2 fully saturated rings. The van der Waals surface area contributed by atoms with Gasteiger partial charge >= 0.3 is 0 Å². The second kappa shape index (κ2) is 6.50. The van der Waals surface area contributed by atoms with E-state index in [1.165, 1.54) is 0 Å². The van der Waals surface area contributed by atoms with Crippen molar-refractivity contribution in [3.05, 3.63) is 30.1 Å². The van der Waals surface area contributed by atoms with Crippen molar-refractivity contribution in [2.75, 3.05) is 26.2 Å². The van der Waals surface area contributed by atoms with E-state index in [-0.39, 0.29) is 23.7 Å². The smallest absolute Gasteiger partial charge is 0.228 e. The van der Waals surface area contributed by atoms with Crippen molar-refractivity contribution in [2.24, 2.45) is 5.92 Å². The predicted molar refractivity (Wildman–Crippen MR) is 95.0 cm³/mol. The summed E-state index contributed by atoms with van der Waals surface area (Å²) in [5, 5.41) is 0. The number of aromatic amines is 1. The second-order valence-corrected chi connectivity index (χ2v) is 7.10. The van der Waals surface area contributed by atoms with Gasteiger partial charge in [-0.05, 0) is 31.9 Å². The van der Waals surface area contributed by atoms with Crippen molar-refractivity contribution in [1.82, 2.24) is 19.8 Å². The summed E-state index contributed by atoms with van der Waals surface area (Å²) in [4.78, 5) is 36.6. The lowest BCUT2D eigenvalue weighted by molar-refractivity contribution is -0.137. The normalized spacial score (nSPS) is 24.3. The van der Waals surface area contributed by atoms with E-state index < -0.39 is 0 Å². The Hall–Kier alpha value is -2.37. The number of amides is 2. The maximum atomic E-state index is 12.9. The van der Waals surface area contributed by atoms with Gasteiger partial charge in [-0.2, -0.15) is 0 Å². The van der Waals surface area contributed by atoms with Gasteiger partial charge in [-0.15, -0.1) is 0 Å². The lowest BCUT2D eigenvalue weighted by atomic mass is 9.95. The number of benzene rings is 1. The first kappa shape index (κ1) is 16.1. The van der Waals surface area contributed by atoms with Gasteiger partial charge < -0.3 is 14.8 Å². The molecule has 0 unspecified atom stereocenters. The molecular weight excluding hydrogens is 316 g/mol. The van der Waals surface area contributed by atoms with Gasteiger partial charge in [0.1, 0.15) is 5.82 Å². The largest absolute Gasteiger partial charge is 0.342 e. The fourth-order valence-electron chi connectivity index (χ4n) is 4.07. The zero-order chi connectivity index (χ0) is 17.4. The van der Waals surface area contributed by atoms with Gasteiger partial charge in [0, 0.05) is 38.5 Å². The number of H-pyrrole nitrogens is 1. The molecule has 2 aliphatic heterocycles. The molecule has 2 atom stereocenters. The van der Waals surface area contributed by atoms with Gasteiger partial charge in [-0.25, -0.2) is 4.98 Å². The molecule has 0 bridgehead atoms. The van der Waals surface area contributed by atoms with Crippen LogP contribution in [0.1, 0.15) is 37.9 Å². The predicted octanol–water partition coefficient (Wildman–Crippen LogP) is 2.14. The fraction of sp³-hybridized carbons (Fsp3) is 0.526. The maximum Gasteiger partial charge on any atom is 0.228 e. The summed E-state index contributed by atoms with van der Waals surface area (Å²) >= 11 is 0. The van der Waals surface area contributed by atoms with Crippen LogP contribution in [0.3, 0.4) is 0 Å². The molecule has 1 N–H and O–H groups in total. The Labute approximate surface area is 147 Å². The summed E-state index contributed by atoms with van der Waals surface area (Å²) in [6.07, 6.45) is 2.37. The maximum absolute atomic E-state index is 12.9. The molecule has 1 aromatic heterocycles. The molecule has 3 heterocycles. The van der Waals surface area contributed by atoms with Gasteiger partial charge in [0.15, 0.2) is 0 Å². The molecule has 2 amide bonds. The number of carbonyl (C=O) groups is 2. The summed E-state index contributed by atoms with van der Waals surface area (Å²) in [5.41, 5.74) is 2.02.